The van der Waals surface area contributed by atoms with Crippen LogP contribution in [0.4, 0.5) is 0 Å². The first-order valence-corrected chi connectivity index (χ1v) is 9.02. The molecule has 1 saturated heterocycles. The highest BCUT2D eigenvalue weighted by Crippen LogP contribution is 2.41. The smallest absolute Gasteiger partial charge is 0.295 e. The monoisotopic (exact) mass is 431 g/mol. The first-order chi connectivity index (χ1) is 12.5. The molecule has 0 spiro atoms. The van der Waals surface area contributed by atoms with Gasteiger partial charge in [0.15, 0.2) is 0 Å². The number of hydrogen-bond donors (Lipinski definition) is 1. The van der Waals surface area contributed by atoms with Gasteiger partial charge in [-0.25, -0.2) is 0 Å². The number of carbonyl (C=O) groups is 2. The topological polar surface area (TPSA) is 57.6 Å². The molecule has 4 nitrogen and oxygen atoms in total. The highest BCUT2D eigenvalue weighted by molar-refractivity contribution is 9.10. The van der Waals surface area contributed by atoms with Crippen molar-refractivity contribution in [3.8, 4) is 0 Å². The summed E-state index contributed by atoms with van der Waals surface area (Å²) in [4.78, 5) is 26.6. The Kier molecular flexibility index (Phi) is 5.30. The molecule has 1 aliphatic heterocycles. The Morgan fingerprint density at radius 1 is 1.19 bits per heavy atom. The number of carbonyl (C=O) groups excluding carboxylic acids is 2. The Bertz CT molecular complexity index is 921. The minimum atomic E-state index is -0.773. The highest BCUT2D eigenvalue weighted by atomic mass is 79.9. The number of halogens is 2. The molecule has 1 fully saturated rings. The minimum absolute atomic E-state index is 0.0206. The van der Waals surface area contributed by atoms with Crippen molar-refractivity contribution in [1.82, 2.24) is 4.90 Å². The molecule has 1 heterocycles. The second-order valence-electron chi connectivity index (χ2n) is 5.77. The van der Waals surface area contributed by atoms with E-state index >= 15 is 0 Å². The number of hydrogen-bond acceptors (Lipinski definition) is 3. The van der Waals surface area contributed by atoms with Crippen LogP contribution in [0.15, 0.2) is 71.2 Å². The highest BCUT2D eigenvalue weighted by Gasteiger charge is 2.46. The van der Waals surface area contributed by atoms with Crippen LogP contribution >= 0.6 is 27.5 Å². The van der Waals surface area contributed by atoms with Gasteiger partial charge in [0.1, 0.15) is 5.76 Å². The number of ketones is 1. The number of benzene rings is 2. The van der Waals surface area contributed by atoms with Gasteiger partial charge < -0.3 is 10.0 Å². The predicted molar refractivity (Wildman–Crippen MR) is 105 cm³/mol. The summed E-state index contributed by atoms with van der Waals surface area (Å²) in [6.07, 6.45) is 1.54. The van der Waals surface area contributed by atoms with E-state index in [4.69, 9.17) is 11.6 Å². The number of Topliss-reactive ketones (excluding diaryl/α,β-unsaturated/α-hetero) is 1. The van der Waals surface area contributed by atoms with Gasteiger partial charge in [0, 0.05) is 21.6 Å². The summed E-state index contributed by atoms with van der Waals surface area (Å²) in [6, 6.07) is 13.0. The average molecular weight is 433 g/mol. The van der Waals surface area contributed by atoms with Gasteiger partial charge in [0.2, 0.25) is 0 Å². The fraction of sp³-hybridized carbons (Fsp3) is 0.100. The fourth-order valence-electron chi connectivity index (χ4n) is 2.99. The van der Waals surface area contributed by atoms with Gasteiger partial charge in [-0.3, -0.25) is 9.59 Å². The molecule has 1 N–H and O–H groups in total. The lowest BCUT2D eigenvalue weighted by Crippen LogP contribution is -2.29. The lowest BCUT2D eigenvalue weighted by molar-refractivity contribution is -0.139. The van der Waals surface area contributed by atoms with Crippen molar-refractivity contribution in [3.63, 3.8) is 0 Å². The first kappa shape index (κ1) is 18.4. The molecule has 0 aromatic heterocycles. The van der Waals surface area contributed by atoms with E-state index < -0.39 is 17.7 Å². The molecule has 0 aliphatic carbocycles. The van der Waals surface area contributed by atoms with E-state index in [2.05, 4.69) is 22.5 Å². The zero-order chi connectivity index (χ0) is 18.8. The van der Waals surface area contributed by atoms with Crippen LogP contribution in [0.2, 0.25) is 5.02 Å². The van der Waals surface area contributed by atoms with Crippen LogP contribution in [0, 0.1) is 0 Å². The van der Waals surface area contributed by atoms with Crippen molar-refractivity contribution >= 4 is 45.0 Å². The number of likely N-dealkylation sites (tertiary alicyclic amines) is 1. The zero-order valence-corrected chi connectivity index (χ0v) is 16.0. The third-order valence-electron chi connectivity index (χ3n) is 4.18. The second-order valence-corrected chi connectivity index (χ2v) is 7.09. The Morgan fingerprint density at radius 3 is 2.46 bits per heavy atom. The van der Waals surface area contributed by atoms with E-state index in [9.17, 15) is 14.7 Å². The van der Waals surface area contributed by atoms with E-state index in [1.54, 1.807) is 48.5 Å². The Balaban J connectivity index is 2.23. The lowest BCUT2D eigenvalue weighted by atomic mass is 9.95. The Hall–Kier alpha value is -2.37. The maximum atomic E-state index is 12.7. The standard InChI is InChI=1S/C20H15BrClNO3/c1-2-11-23-17(14-5-3-4-6-15(14)22)16(19(25)20(23)26)18(24)12-7-9-13(21)10-8-12/h2-10,17,24H,1,11H2/b18-16+. The Morgan fingerprint density at radius 2 is 1.85 bits per heavy atom. The van der Waals surface area contributed by atoms with Crippen LogP contribution < -0.4 is 0 Å². The van der Waals surface area contributed by atoms with E-state index in [-0.39, 0.29) is 17.9 Å². The van der Waals surface area contributed by atoms with Gasteiger partial charge in [-0.15, -0.1) is 6.58 Å². The summed E-state index contributed by atoms with van der Waals surface area (Å²) >= 11 is 9.65. The summed E-state index contributed by atoms with van der Waals surface area (Å²) in [5.74, 6) is -1.65. The molecular formula is C20H15BrClNO3. The van der Waals surface area contributed by atoms with Crippen molar-refractivity contribution < 1.29 is 14.7 Å². The van der Waals surface area contributed by atoms with Crippen molar-refractivity contribution in [3.05, 3.63) is 87.4 Å². The van der Waals surface area contributed by atoms with E-state index in [1.165, 1.54) is 11.0 Å². The molecule has 1 amide bonds. The van der Waals surface area contributed by atoms with Crippen LogP contribution in [0.3, 0.4) is 0 Å². The van der Waals surface area contributed by atoms with Gasteiger partial charge in [0.25, 0.3) is 11.7 Å². The molecule has 0 saturated carbocycles. The van der Waals surface area contributed by atoms with Crippen molar-refractivity contribution in [2.24, 2.45) is 0 Å². The van der Waals surface area contributed by atoms with E-state index in [0.717, 1.165) is 4.47 Å². The lowest BCUT2D eigenvalue weighted by Gasteiger charge is -2.24. The summed E-state index contributed by atoms with van der Waals surface area (Å²) in [6.45, 7) is 3.81. The van der Waals surface area contributed by atoms with Crippen molar-refractivity contribution in [1.29, 1.82) is 0 Å². The van der Waals surface area contributed by atoms with E-state index in [1.807, 2.05) is 0 Å². The summed E-state index contributed by atoms with van der Waals surface area (Å²) in [5, 5.41) is 11.2. The number of aliphatic hydroxyl groups is 1. The molecule has 132 valence electrons. The van der Waals surface area contributed by atoms with Crippen molar-refractivity contribution in [2.45, 2.75) is 6.04 Å². The minimum Gasteiger partial charge on any atom is -0.507 e. The van der Waals surface area contributed by atoms with Crippen LogP contribution in [0.25, 0.3) is 5.76 Å². The van der Waals surface area contributed by atoms with Gasteiger partial charge in [-0.1, -0.05) is 63.9 Å². The molecule has 0 bridgehead atoms. The largest absolute Gasteiger partial charge is 0.507 e. The van der Waals surface area contributed by atoms with Gasteiger partial charge in [-0.2, -0.15) is 0 Å². The molecule has 6 heteroatoms. The molecule has 1 atom stereocenters. The van der Waals surface area contributed by atoms with Crippen molar-refractivity contribution in [2.75, 3.05) is 6.54 Å². The SMILES string of the molecule is C=CCN1C(=O)C(=O)/C(=C(/O)c2ccc(Br)cc2)C1c1ccccc1Cl. The van der Waals surface area contributed by atoms with Gasteiger partial charge >= 0.3 is 0 Å². The Labute approximate surface area is 164 Å². The van der Waals surface area contributed by atoms with Gasteiger partial charge in [0.05, 0.1) is 11.6 Å². The maximum Gasteiger partial charge on any atom is 0.295 e. The van der Waals surface area contributed by atoms with Crippen LogP contribution in [-0.2, 0) is 9.59 Å². The number of aliphatic hydroxyl groups excluding tert-OH is 1. The van der Waals surface area contributed by atoms with E-state index in [0.29, 0.717) is 16.1 Å². The second kappa shape index (κ2) is 7.48. The third-order valence-corrected chi connectivity index (χ3v) is 5.06. The average Bonchev–Trinajstić information content (AvgIpc) is 2.87. The molecule has 1 aliphatic rings. The molecule has 3 rings (SSSR count). The molecule has 2 aromatic carbocycles. The third kappa shape index (κ3) is 3.20. The molecule has 26 heavy (non-hydrogen) atoms. The fourth-order valence-corrected chi connectivity index (χ4v) is 3.49. The number of amides is 1. The predicted octanol–water partition coefficient (Wildman–Crippen LogP) is 4.71. The molecular weight excluding hydrogens is 418 g/mol. The van der Waals surface area contributed by atoms with Gasteiger partial charge in [-0.05, 0) is 23.8 Å². The molecule has 0 radical (unpaired) electrons. The summed E-state index contributed by atoms with van der Waals surface area (Å²) in [5.41, 5.74) is 1.04. The normalized spacial score (nSPS) is 19.0. The first-order valence-electron chi connectivity index (χ1n) is 7.85. The molecule has 1 unspecified atom stereocenters. The zero-order valence-electron chi connectivity index (χ0n) is 13.7. The maximum absolute atomic E-state index is 12.7. The van der Waals surface area contributed by atoms with Crippen LogP contribution in [0.5, 0.6) is 0 Å². The summed E-state index contributed by atoms with van der Waals surface area (Å²) in [7, 11) is 0. The number of nitrogens with zero attached hydrogens (tertiary/aromatic N) is 1. The van der Waals surface area contributed by atoms with Crippen LogP contribution in [0.1, 0.15) is 17.2 Å². The van der Waals surface area contributed by atoms with Crippen LogP contribution in [-0.4, -0.2) is 28.2 Å². The number of rotatable bonds is 4. The molecule has 2 aromatic rings. The summed E-state index contributed by atoms with van der Waals surface area (Å²) < 4.78 is 0.837. The quantitative estimate of drug-likeness (QED) is 0.329.